The van der Waals surface area contributed by atoms with Gasteiger partial charge in [-0.1, -0.05) is 0 Å². The molecule has 0 aliphatic heterocycles. The van der Waals surface area contributed by atoms with Gasteiger partial charge in [0.1, 0.15) is 17.1 Å². The van der Waals surface area contributed by atoms with Crippen molar-refractivity contribution >= 4 is 7.69 Å². The van der Waals surface area contributed by atoms with E-state index in [1.54, 1.807) is 0 Å². The zero-order valence-corrected chi connectivity index (χ0v) is 7.84. The van der Waals surface area contributed by atoms with Crippen LogP contribution in [0.25, 0.3) is 0 Å². The maximum atomic E-state index is 12.5. The summed E-state index contributed by atoms with van der Waals surface area (Å²) in [6.45, 7) is 0. The minimum absolute atomic E-state index is 0.0642. The highest BCUT2D eigenvalue weighted by Crippen LogP contribution is 2.38. The van der Waals surface area contributed by atoms with Crippen LogP contribution in [0.1, 0.15) is 5.56 Å². The van der Waals surface area contributed by atoms with Crippen LogP contribution >= 0.6 is 0 Å². The van der Waals surface area contributed by atoms with Gasteiger partial charge in [-0.3, -0.25) is 0 Å². The Bertz CT molecular complexity index is 340. The van der Waals surface area contributed by atoms with Crippen molar-refractivity contribution in [2.75, 3.05) is 7.11 Å². The Morgan fingerprint density at radius 2 is 2.00 bits per heavy atom. The van der Waals surface area contributed by atoms with Crippen molar-refractivity contribution in [2.45, 2.75) is 6.18 Å². The zero-order chi connectivity index (χ0) is 11.5. The molecule has 0 saturated heterocycles. The Morgan fingerprint density at radius 3 is 2.47 bits per heavy atom. The van der Waals surface area contributed by atoms with E-state index >= 15 is 0 Å². The maximum absolute atomic E-state index is 12.5. The fourth-order valence-electron chi connectivity index (χ4n) is 1.07. The third-order valence-corrected chi connectivity index (χ3v) is 1.71. The molecule has 1 rings (SSSR count). The molecule has 0 spiro atoms. The van der Waals surface area contributed by atoms with Gasteiger partial charge in [0.25, 0.3) is 0 Å². The summed E-state index contributed by atoms with van der Waals surface area (Å²) in [4.78, 5) is 0. The van der Waals surface area contributed by atoms with E-state index in [4.69, 9.17) is 5.02 Å². The molecule has 1 N–H and O–H groups in total. The molecule has 7 heteroatoms. The van der Waals surface area contributed by atoms with Gasteiger partial charge >= 0.3 is 13.9 Å². The molecule has 0 unspecified atom stereocenters. The first-order valence-corrected chi connectivity index (χ1v) is 3.98. The summed E-state index contributed by atoms with van der Waals surface area (Å²) in [5.74, 6) is -0.349. The molecular formula is C8H8BF3O3. The number of benzene rings is 1. The zero-order valence-electron chi connectivity index (χ0n) is 7.84. The van der Waals surface area contributed by atoms with Gasteiger partial charge in [0, 0.05) is 0 Å². The number of halogens is 3. The van der Waals surface area contributed by atoms with Gasteiger partial charge in [-0.2, -0.15) is 13.2 Å². The van der Waals surface area contributed by atoms with E-state index in [1.165, 1.54) is 6.07 Å². The lowest BCUT2D eigenvalue weighted by Crippen LogP contribution is -2.08. The molecule has 0 atom stereocenters. The average Bonchev–Trinajstić information content (AvgIpc) is 2.17. The Labute approximate surface area is 84.7 Å². The number of alkyl halides is 3. The van der Waals surface area contributed by atoms with Crippen LogP contribution in [-0.4, -0.2) is 19.8 Å². The standard InChI is InChI=1S/C8H8BF3O3/c1-14-7-3-2-5(15-9-13)4-6(7)8(10,11)12/h2-4,9,13H,1H3. The van der Waals surface area contributed by atoms with E-state index in [0.717, 1.165) is 19.2 Å². The van der Waals surface area contributed by atoms with Crippen LogP contribution in [0, 0.1) is 0 Å². The fraction of sp³-hybridized carbons (Fsp3) is 0.250. The number of ether oxygens (including phenoxy) is 1. The second-order valence-electron chi connectivity index (χ2n) is 2.63. The lowest BCUT2D eigenvalue weighted by molar-refractivity contribution is -0.138. The highest BCUT2D eigenvalue weighted by atomic mass is 19.4. The molecule has 0 radical (unpaired) electrons. The summed E-state index contributed by atoms with van der Waals surface area (Å²) in [7, 11) is 0.473. The van der Waals surface area contributed by atoms with E-state index in [-0.39, 0.29) is 11.5 Å². The summed E-state index contributed by atoms with van der Waals surface area (Å²) in [5, 5.41) is 8.41. The molecule has 0 heterocycles. The van der Waals surface area contributed by atoms with Crippen LogP contribution in [0.4, 0.5) is 13.2 Å². The molecule has 15 heavy (non-hydrogen) atoms. The van der Waals surface area contributed by atoms with Gasteiger partial charge in [0.15, 0.2) is 0 Å². The van der Waals surface area contributed by atoms with Crippen molar-refractivity contribution in [3.63, 3.8) is 0 Å². The normalized spacial score (nSPS) is 11.0. The lowest BCUT2D eigenvalue weighted by Gasteiger charge is -2.13. The summed E-state index contributed by atoms with van der Waals surface area (Å²) < 4.78 is 46.5. The quantitative estimate of drug-likeness (QED) is 0.781. The van der Waals surface area contributed by atoms with Crippen molar-refractivity contribution in [1.29, 1.82) is 0 Å². The minimum atomic E-state index is -4.51. The molecular weight excluding hydrogens is 212 g/mol. The maximum Gasteiger partial charge on any atom is 0.504 e. The van der Waals surface area contributed by atoms with Gasteiger partial charge < -0.3 is 14.4 Å². The molecule has 82 valence electrons. The predicted molar refractivity (Wildman–Crippen MR) is 48.0 cm³/mol. The third-order valence-electron chi connectivity index (χ3n) is 1.71. The molecule has 0 aliphatic carbocycles. The highest BCUT2D eigenvalue weighted by Gasteiger charge is 2.34. The Kier molecular flexibility index (Phi) is 3.46. The van der Waals surface area contributed by atoms with Crippen molar-refractivity contribution in [3.8, 4) is 11.5 Å². The van der Waals surface area contributed by atoms with E-state index in [0.29, 0.717) is 0 Å². The van der Waals surface area contributed by atoms with Crippen LogP contribution in [0.15, 0.2) is 18.2 Å². The van der Waals surface area contributed by atoms with E-state index < -0.39 is 19.4 Å². The average molecular weight is 220 g/mol. The highest BCUT2D eigenvalue weighted by molar-refractivity contribution is 6.17. The van der Waals surface area contributed by atoms with Crippen molar-refractivity contribution < 1.29 is 27.6 Å². The summed E-state index contributed by atoms with van der Waals surface area (Å²) >= 11 is 0. The third kappa shape index (κ3) is 2.79. The topological polar surface area (TPSA) is 38.7 Å². The first-order valence-electron chi connectivity index (χ1n) is 3.98. The Morgan fingerprint density at radius 1 is 1.33 bits per heavy atom. The lowest BCUT2D eigenvalue weighted by atomic mass is 10.1. The monoisotopic (exact) mass is 220 g/mol. The molecule has 3 nitrogen and oxygen atoms in total. The largest absolute Gasteiger partial charge is 0.539 e. The van der Waals surface area contributed by atoms with Gasteiger partial charge in [-0.25, -0.2) is 0 Å². The number of hydrogen-bond acceptors (Lipinski definition) is 3. The van der Waals surface area contributed by atoms with Gasteiger partial charge in [0.2, 0.25) is 0 Å². The van der Waals surface area contributed by atoms with Crippen LogP contribution in [0.3, 0.4) is 0 Å². The summed E-state index contributed by atoms with van der Waals surface area (Å²) in [6, 6.07) is 3.19. The van der Waals surface area contributed by atoms with E-state index in [9.17, 15) is 13.2 Å². The molecule has 0 aromatic heterocycles. The summed E-state index contributed by atoms with van der Waals surface area (Å²) in [5.41, 5.74) is -0.934. The van der Waals surface area contributed by atoms with Gasteiger partial charge in [0.05, 0.1) is 7.11 Å². The molecule has 0 fully saturated rings. The van der Waals surface area contributed by atoms with Crippen LogP contribution < -0.4 is 9.39 Å². The minimum Gasteiger partial charge on any atom is -0.539 e. The second kappa shape index (κ2) is 4.44. The summed E-state index contributed by atoms with van der Waals surface area (Å²) in [6.07, 6.45) is -4.51. The van der Waals surface area contributed by atoms with Crippen LogP contribution in [0.5, 0.6) is 11.5 Å². The smallest absolute Gasteiger partial charge is 0.504 e. The van der Waals surface area contributed by atoms with Crippen molar-refractivity contribution in [3.05, 3.63) is 23.8 Å². The first kappa shape index (κ1) is 11.7. The SMILES string of the molecule is COc1ccc(OBO)cc1C(F)(F)F. The molecule has 1 aromatic rings. The van der Waals surface area contributed by atoms with Gasteiger partial charge in [-0.05, 0) is 18.2 Å². The van der Waals surface area contributed by atoms with Crippen molar-refractivity contribution in [2.24, 2.45) is 0 Å². The van der Waals surface area contributed by atoms with E-state index in [2.05, 4.69) is 9.39 Å². The Hall–Kier alpha value is -1.37. The number of hydrogen-bond donors (Lipinski definition) is 1. The second-order valence-corrected chi connectivity index (χ2v) is 2.63. The van der Waals surface area contributed by atoms with Gasteiger partial charge in [-0.15, -0.1) is 0 Å². The number of rotatable bonds is 3. The first-order chi connectivity index (χ1) is 6.99. The number of methoxy groups -OCH3 is 1. The molecule has 0 amide bonds. The van der Waals surface area contributed by atoms with Crippen LogP contribution in [-0.2, 0) is 6.18 Å². The van der Waals surface area contributed by atoms with E-state index in [1.807, 2.05) is 0 Å². The molecule has 1 aromatic carbocycles. The Balaban J connectivity index is 3.13. The van der Waals surface area contributed by atoms with Crippen LogP contribution in [0.2, 0.25) is 0 Å². The van der Waals surface area contributed by atoms with Crippen molar-refractivity contribution in [1.82, 2.24) is 0 Å². The predicted octanol–water partition coefficient (Wildman–Crippen LogP) is 1.35. The molecule has 0 saturated carbocycles. The molecule has 0 aliphatic rings. The fourth-order valence-corrected chi connectivity index (χ4v) is 1.07. The molecule has 0 bridgehead atoms.